The van der Waals surface area contributed by atoms with E-state index >= 15 is 0 Å². The molecule has 0 saturated heterocycles. The molecule has 0 aliphatic rings. The Balaban J connectivity index is 4.45. The summed E-state index contributed by atoms with van der Waals surface area (Å²) in [6, 6.07) is -1.30. The highest BCUT2D eigenvalue weighted by atomic mass is 16.4. The third-order valence-electron chi connectivity index (χ3n) is 1.16. The molecule has 0 unspecified atom stereocenters. The topological polar surface area (TPSA) is 63.3 Å². The number of nitrogens with two attached hydrogens (primary N) is 1. The van der Waals surface area contributed by atoms with E-state index in [1.807, 2.05) is 0 Å². The first-order valence-electron chi connectivity index (χ1n) is 4.29. The number of hydrogen-bond donors (Lipinski definition) is 2. The van der Waals surface area contributed by atoms with Gasteiger partial charge >= 0.3 is 5.97 Å². The monoisotopic (exact) mass is 135 g/mol. The number of carboxylic acids is 1. The quantitative estimate of drug-likeness (QED) is 0.552. The maximum atomic E-state index is 10.4. The van der Waals surface area contributed by atoms with Crippen LogP contribution in [0.5, 0.6) is 0 Å². The Kier molecular flexibility index (Phi) is 1.64. The molecule has 0 spiro atoms. The van der Waals surface area contributed by atoms with Crippen molar-refractivity contribution in [3.8, 4) is 0 Å². The third kappa shape index (κ3) is 2.46. The maximum absolute atomic E-state index is 10.4. The van der Waals surface area contributed by atoms with Crippen molar-refractivity contribution in [3.63, 3.8) is 0 Å². The minimum atomic E-state index is -2.29. The highest BCUT2D eigenvalue weighted by Gasteiger charge is 2.17. The summed E-state index contributed by atoms with van der Waals surface area (Å²) in [5, 5.41) is 8.47. The fourth-order valence-corrected chi connectivity index (χ4v) is 0.426. The van der Waals surface area contributed by atoms with Crippen LogP contribution in [0.4, 0.5) is 0 Å². The van der Waals surface area contributed by atoms with Crippen LogP contribution in [0.25, 0.3) is 0 Å². The van der Waals surface area contributed by atoms with Gasteiger partial charge in [0.15, 0.2) is 0 Å². The van der Waals surface area contributed by atoms with Crippen molar-refractivity contribution in [2.24, 2.45) is 11.7 Å². The molecule has 0 aromatic carbocycles. The molecule has 3 N–H and O–H groups in total. The zero-order chi connectivity index (χ0) is 9.94. The average molecular weight is 135 g/mol. The molecule has 0 aliphatic heterocycles. The molecule has 3 nitrogen and oxygen atoms in total. The normalized spacial score (nSPS) is 23.1. The van der Waals surface area contributed by atoms with E-state index in [1.165, 1.54) is 0 Å². The van der Waals surface area contributed by atoms with Crippen LogP contribution in [0.2, 0.25) is 0 Å². The van der Waals surface area contributed by atoms with E-state index in [1.54, 1.807) is 6.92 Å². The van der Waals surface area contributed by atoms with E-state index in [2.05, 4.69) is 0 Å². The highest BCUT2D eigenvalue weighted by molar-refractivity contribution is 5.73. The van der Waals surface area contributed by atoms with E-state index in [9.17, 15) is 4.79 Å². The maximum Gasteiger partial charge on any atom is 0.320 e. The lowest BCUT2D eigenvalue weighted by molar-refractivity contribution is -0.139. The van der Waals surface area contributed by atoms with Crippen molar-refractivity contribution in [2.75, 3.05) is 0 Å². The lowest BCUT2D eigenvalue weighted by Gasteiger charge is -2.11. The van der Waals surface area contributed by atoms with E-state index in [-0.39, 0.29) is 6.42 Å². The van der Waals surface area contributed by atoms with Crippen LogP contribution in [0, 0.1) is 5.92 Å². The molecule has 0 fully saturated rings. The zero-order valence-electron chi connectivity index (χ0n) is 8.29. The van der Waals surface area contributed by atoms with E-state index in [4.69, 9.17) is 15.0 Å². The summed E-state index contributed by atoms with van der Waals surface area (Å²) in [6.07, 6.45) is 0.240. The van der Waals surface area contributed by atoms with Gasteiger partial charge < -0.3 is 10.8 Å². The molecule has 0 rings (SSSR count). The summed E-state index contributed by atoms with van der Waals surface area (Å²) in [7, 11) is 0. The molecular weight excluding hydrogens is 119 g/mol. The van der Waals surface area contributed by atoms with Gasteiger partial charge in [0.2, 0.25) is 0 Å². The van der Waals surface area contributed by atoms with Gasteiger partial charge in [-0.15, -0.1) is 0 Å². The Morgan fingerprint density at radius 2 is 2.56 bits per heavy atom. The van der Waals surface area contributed by atoms with Crippen LogP contribution >= 0.6 is 0 Å². The third-order valence-corrected chi connectivity index (χ3v) is 1.16. The van der Waals surface area contributed by atoms with Crippen molar-refractivity contribution < 1.29 is 14.0 Å². The molecule has 0 aliphatic carbocycles. The molecule has 54 valence electrons. The predicted octanol–water partition coefficient (Wildman–Crippen LogP) is 0.444. The van der Waals surface area contributed by atoms with Crippen LogP contribution < -0.4 is 5.73 Å². The summed E-state index contributed by atoms with van der Waals surface area (Å²) >= 11 is 0. The smallest absolute Gasteiger partial charge is 0.320 e. The van der Waals surface area contributed by atoms with Crippen LogP contribution in [0.1, 0.15) is 24.3 Å². The second-order valence-corrected chi connectivity index (χ2v) is 1.88. The van der Waals surface area contributed by atoms with Crippen LogP contribution in [-0.4, -0.2) is 17.1 Å². The van der Waals surface area contributed by atoms with Crippen molar-refractivity contribution >= 4 is 5.97 Å². The molecule has 9 heavy (non-hydrogen) atoms. The van der Waals surface area contributed by atoms with Gasteiger partial charge in [-0.25, -0.2) is 0 Å². The summed E-state index contributed by atoms with van der Waals surface area (Å²) < 4.78 is 21.0. The van der Waals surface area contributed by atoms with E-state index in [0.717, 1.165) is 0 Å². The standard InChI is InChI=1S/C6H13NO2/c1-3-4(2)5(7)6(8)9/h4-5H,3,7H2,1-2H3,(H,8,9)/t4-,5-/m0/s1/i2D3,7+1. The Morgan fingerprint density at radius 3 is 2.67 bits per heavy atom. The first-order chi connectivity index (χ1) is 5.30. The van der Waals surface area contributed by atoms with E-state index in [0.29, 0.717) is 0 Å². The number of hydrogen-bond acceptors (Lipinski definition) is 2. The Labute approximate surface area is 59.1 Å². The fourth-order valence-electron chi connectivity index (χ4n) is 0.426. The Morgan fingerprint density at radius 1 is 2.00 bits per heavy atom. The van der Waals surface area contributed by atoms with Gasteiger partial charge in [-0.1, -0.05) is 20.2 Å². The van der Waals surface area contributed by atoms with Gasteiger partial charge in [-0.3, -0.25) is 4.79 Å². The second kappa shape index (κ2) is 3.45. The van der Waals surface area contributed by atoms with Gasteiger partial charge in [-0.2, -0.15) is 0 Å². The minimum absolute atomic E-state index is 0.240. The molecule has 0 radical (unpaired) electrons. The SMILES string of the molecule is [2H]C([2H])([2H])[C@@H](CC)[C@H]([15NH2])C(=O)O. The number of carbonyl (C=O) groups is 1. The zero-order valence-corrected chi connectivity index (χ0v) is 5.29. The minimum Gasteiger partial charge on any atom is -0.480 e. The Hall–Kier alpha value is -0.570. The van der Waals surface area contributed by atoms with E-state index < -0.39 is 24.8 Å². The molecule has 0 heterocycles. The molecule has 0 aromatic rings. The van der Waals surface area contributed by atoms with Gasteiger partial charge in [0.1, 0.15) is 6.04 Å². The molecule has 0 bridgehead atoms. The second-order valence-electron chi connectivity index (χ2n) is 1.88. The van der Waals surface area contributed by atoms with Crippen molar-refractivity contribution in [2.45, 2.75) is 26.2 Å². The number of aliphatic carboxylic acids is 1. The van der Waals surface area contributed by atoms with Crippen LogP contribution in [0.15, 0.2) is 0 Å². The van der Waals surface area contributed by atoms with Gasteiger partial charge in [-0.05, 0) is 5.92 Å². The average Bonchev–Trinajstić information content (AvgIpc) is 1.85. The van der Waals surface area contributed by atoms with Gasteiger partial charge in [0.25, 0.3) is 0 Å². The molecule has 0 aromatic heterocycles. The van der Waals surface area contributed by atoms with Gasteiger partial charge in [0.05, 0.1) is 0 Å². The molecule has 2 atom stereocenters. The first kappa shape index (κ1) is 4.28. The summed E-state index contributed by atoms with van der Waals surface area (Å²) in [5.41, 5.74) is 5.20. The molecule has 0 amide bonds. The largest absolute Gasteiger partial charge is 0.480 e. The lowest BCUT2D eigenvalue weighted by Crippen LogP contribution is -2.36. The summed E-state index contributed by atoms with van der Waals surface area (Å²) in [4.78, 5) is 10.4. The highest BCUT2D eigenvalue weighted by Crippen LogP contribution is 2.04. The molecule has 3 heteroatoms. The van der Waals surface area contributed by atoms with Gasteiger partial charge in [0, 0.05) is 4.11 Å². The predicted molar refractivity (Wildman–Crippen MR) is 35.1 cm³/mol. The first-order valence-corrected chi connectivity index (χ1v) is 2.79. The number of carboxylic acid groups (broad SMARTS) is 1. The summed E-state index contributed by atoms with van der Waals surface area (Å²) in [5.74, 6) is -2.23. The number of rotatable bonds is 3. The fraction of sp³-hybridized carbons (Fsp3) is 0.833. The lowest BCUT2D eigenvalue weighted by atomic mass is 10.0. The van der Waals surface area contributed by atoms with Crippen LogP contribution in [-0.2, 0) is 4.79 Å². The summed E-state index contributed by atoms with van der Waals surface area (Å²) in [6.45, 7) is -0.674. The van der Waals surface area contributed by atoms with Crippen molar-refractivity contribution in [1.29, 1.82) is 0 Å². The molecule has 0 saturated carbocycles. The Bertz CT molecular complexity index is 169. The molecular formula is C6H13NO2. The van der Waals surface area contributed by atoms with Crippen molar-refractivity contribution in [3.05, 3.63) is 0 Å². The van der Waals surface area contributed by atoms with Crippen LogP contribution in [0.3, 0.4) is 0 Å². The van der Waals surface area contributed by atoms with Crippen molar-refractivity contribution in [1.82, 2.24) is 0 Å².